The predicted octanol–water partition coefficient (Wildman–Crippen LogP) is 5.47. The van der Waals surface area contributed by atoms with Crippen molar-refractivity contribution in [2.24, 2.45) is 0 Å². The van der Waals surface area contributed by atoms with Gasteiger partial charge >= 0.3 is 0 Å². The number of rotatable bonds is 7. The molecule has 0 radical (unpaired) electrons. The van der Waals surface area contributed by atoms with Crippen LogP contribution in [0.25, 0.3) is 20.8 Å². The van der Waals surface area contributed by atoms with Crippen LogP contribution in [0.3, 0.4) is 0 Å². The first-order chi connectivity index (χ1) is 13.7. The zero-order valence-electron chi connectivity index (χ0n) is 15.0. The molecule has 4 aromatic rings. The fraction of sp³-hybridized carbons (Fsp3) is 0.190. The van der Waals surface area contributed by atoms with Crippen LogP contribution >= 0.6 is 38.6 Å². The summed E-state index contributed by atoms with van der Waals surface area (Å²) in [6, 6.07) is 16.2. The van der Waals surface area contributed by atoms with E-state index in [1.165, 1.54) is 4.70 Å². The van der Waals surface area contributed by atoms with E-state index in [0.29, 0.717) is 13.0 Å². The fourth-order valence-corrected chi connectivity index (χ4v) is 5.09. The summed E-state index contributed by atoms with van der Waals surface area (Å²) in [5.41, 5.74) is 2.92. The maximum absolute atomic E-state index is 12.2. The van der Waals surface area contributed by atoms with Crippen molar-refractivity contribution in [2.75, 3.05) is 6.54 Å². The van der Waals surface area contributed by atoms with Gasteiger partial charge in [-0.05, 0) is 30.7 Å². The number of carbonyl (C=O) groups excluding carboxylic acids is 1. The number of hydrogen-bond acceptors (Lipinski definition) is 5. The molecule has 0 unspecified atom stereocenters. The zero-order valence-corrected chi connectivity index (χ0v) is 18.2. The summed E-state index contributed by atoms with van der Waals surface area (Å²) >= 11 is 6.76. The fourth-order valence-electron chi connectivity index (χ4n) is 2.86. The van der Waals surface area contributed by atoms with Gasteiger partial charge in [0, 0.05) is 28.4 Å². The Morgan fingerprint density at radius 2 is 2.00 bits per heavy atom. The number of nitrogens with zero attached hydrogens (tertiary/aromatic N) is 2. The summed E-state index contributed by atoms with van der Waals surface area (Å²) in [5.74, 6) is 0.00962. The van der Waals surface area contributed by atoms with Crippen LogP contribution in [0, 0.1) is 0 Å². The van der Waals surface area contributed by atoms with E-state index in [1.807, 2.05) is 47.8 Å². The van der Waals surface area contributed by atoms with Crippen molar-refractivity contribution in [2.45, 2.75) is 19.3 Å². The monoisotopic (exact) mass is 471 g/mol. The van der Waals surface area contributed by atoms with E-state index in [0.717, 1.165) is 44.1 Å². The third-order valence-electron chi connectivity index (χ3n) is 4.19. The standard InChI is InChI=1S/C21H18BrN3OS2/c22-15-6-3-5-14(11-15)21-24-16(13-27-21)12-19(26)23-10-4-9-20-25-17-7-1-2-8-18(17)28-20/h1-3,5-8,11,13H,4,9-10,12H2,(H,23,26). The number of halogens is 1. The van der Waals surface area contributed by atoms with Gasteiger partial charge in [-0.3, -0.25) is 4.79 Å². The number of hydrogen-bond donors (Lipinski definition) is 1. The maximum atomic E-state index is 12.2. The predicted molar refractivity (Wildman–Crippen MR) is 120 cm³/mol. The largest absolute Gasteiger partial charge is 0.356 e. The van der Waals surface area contributed by atoms with E-state index in [4.69, 9.17) is 0 Å². The van der Waals surface area contributed by atoms with Crippen LogP contribution < -0.4 is 5.32 Å². The topological polar surface area (TPSA) is 54.9 Å². The van der Waals surface area contributed by atoms with Crippen LogP contribution in [-0.4, -0.2) is 22.4 Å². The molecule has 0 aliphatic rings. The molecule has 0 aliphatic heterocycles. The zero-order chi connectivity index (χ0) is 19.3. The van der Waals surface area contributed by atoms with Crippen LogP contribution in [0.15, 0.2) is 58.4 Å². The second-order valence-corrected chi connectivity index (χ2v) is 9.25. The lowest BCUT2D eigenvalue weighted by molar-refractivity contribution is -0.120. The Morgan fingerprint density at radius 1 is 1.11 bits per heavy atom. The summed E-state index contributed by atoms with van der Waals surface area (Å²) in [6.45, 7) is 0.650. The number of benzene rings is 2. The number of fused-ring (bicyclic) bond motifs is 1. The van der Waals surface area contributed by atoms with Crippen molar-refractivity contribution in [3.63, 3.8) is 0 Å². The molecule has 2 aromatic carbocycles. The molecule has 0 atom stereocenters. The Kier molecular flexibility index (Phi) is 6.14. The average molecular weight is 472 g/mol. The number of amides is 1. The summed E-state index contributed by atoms with van der Waals surface area (Å²) in [7, 11) is 0. The van der Waals surface area contributed by atoms with Crippen molar-refractivity contribution in [3.05, 3.63) is 69.1 Å². The minimum absolute atomic E-state index is 0.00962. The van der Waals surface area contributed by atoms with Crippen LogP contribution in [0.1, 0.15) is 17.1 Å². The quantitative estimate of drug-likeness (QED) is 0.363. The van der Waals surface area contributed by atoms with Gasteiger partial charge in [0.2, 0.25) is 5.91 Å². The molecule has 2 aromatic heterocycles. The molecule has 1 N–H and O–H groups in total. The first-order valence-electron chi connectivity index (χ1n) is 8.99. The maximum Gasteiger partial charge on any atom is 0.226 e. The highest BCUT2D eigenvalue weighted by atomic mass is 79.9. The lowest BCUT2D eigenvalue weighted by Crippen LogP contribution is -2.26. The lowest BCUT2D eigenvalue weighted by atomic mass is 10.2. The van der Waals surface area contributed by atoms with Gasteiger partial charge in [-0.1, -0.05) is 40.2 Å². The highest BCUT2D eigenvalue weighted by molar-refractivity contribution is 9.10. The molecule has 0 bridgehead atoms. The second kappa shape index (κ2) is 8.94. The third-order valence-corrected chi connectivity index (χ3v) is 6.72. The van der Waals surface area contributed by atoms with Crippen molar-refractivity contribution >= 4 is 54.7 Å². The van der Waals surface area contributed by atoms with Gasteiger partial charge in [-0.15, -0.1) is 22.7 Å². The van der Waals surface area contributed by atoms with Crippen molar-refractivity contribution < 1.29 is 4.79 Å². The Hall–Kier alpha value is -2.09. The summed E-state index contributed by atoms with van der Waals surface area (Å²) in [5, 5.41) is 6.99. The van der Waals surface area contributed by atoms with E-state index >= 15 is 0 Å². The molecule has 4 rings (SSSR count). The van der Waals surface area contributed by atoms with Gasteiger partial charge in [0.15, 0.2) is 0 Å². The van der Waals surface area contributed by atoms with Gasteiger partial charge in [0.25, 0.3) is 0 Å². The molecule has 1 amide bonds. The molecule has 28 heavy (non-hydrogen) atoms. The Bertz CT molecular complexity index is 1070. The Morgan fingerprint density at radius 3 is 2.86 bits per heavy atom. The first kappa shape index (κ1) is 19.2. The molecule has 0 saturated carbocycles. The molecule has 0 aliphatic carbocycles. The molecule has 4 nitrogen and oxygen atoms in total. The van der Waals surface area contributed by atoms with Gasteiger partial charge in [0.1, 0.15) is 5.01 Å². The van der Waals surface area contributed by atoms with E-state index in [9.17, 15) is 4.79 Å². The Balaban J connectivity index is 1.24. The molecule has 7 heteroatoms. The molecule has 0 fully saturated rings. The smallest absolute Gasteiger partial charge is 0.226 e. The molecule has 142 valence electrons. The number of aromatic nitrogens is 2. The van der Waals surface area contributed by atoms with Crippen molar-refractivity contribution in [3.8, 4) is 10.6 Å². The normalized spacial score (nSPS) is 11.0. The van der Waals surface area contributed by atoms with Gasteiger partial charge in [-0.25, -0.2) is 9.97 Å². The molecule has 0 spiro atoms. The van der Waals surface area contributed by atoms with E-state index < -0.39 is 0 Å². The number of aryl methyl sites for hydroxylation is 1. The summed E-state index contributed by atoms with van der Waals surface area (Å²) in [4.78, 5) is 21.4. The van der Waals surface area contributed by atoms with Gasteiger partial charge in [-0.2, -0.15) is 0 Å². The minimum Gasteiger partial charge on any atom is -0.356 e. The number of thiazole rings is 2. The van der Waals surface area contributed by atoms with Crippen LogP contribution in [0.5, 0.6) is 0 Å². The molecule has 0 saturated heterocycles. The van der Waals surface area contributed by atoms with E-state index in [1.54, 1.807) is 22.7 Å². The van der Waals surface area contributed by atoms with Crippen molar-refractivity contribution in [1.29, 1.82) is 0 Å². The van der Waals surface area contributed by atoms with Crippen LogP contribution in [0.4, 0.5) is 0 Å². The first-order valence-corrected chi connectivity index (χ1v) is 11.5. The minimum atomic E-state index is 0.00962. The highest BCUT2D eigenvalue weighted by Gasteiger charge is 2.09. The summed E-state index contributed by atoms with van der Waals surface area (Å²) < 4.78 is 2.24. The van der Waals surface area contributed by atoms with Crippen LogP contribution in [0.2, 0.25) is 0 Å². The number of nitrogens with one attached hydrogen (secondary N) is 1. The Labute approximate surface area is 179 Å². The van der Waals surface area contributed by atoms with Gasteiger partial charge < -0.3 is 5.32 Å². The number of carbonyl (C=O) groups is 1. The number of para-hydroxylation sites is 1. The molecular weight excluding hydrogens is 454 g/mol. The highest BCUT2D eigenvalue weighted by Crippen LogP contribution is 2.26. The van der Waals surface area contributed by atoms with Crippen molar-refractivity contribution in [1.82, 2.24) is 15.3 Å². The third kappa shape index (κ3) is 4.84. The van der Waals surface area contributed by atoms with E-state index in [-0.39, 0.29) is 5.91 Å². The molecule has 2 heterocycles. The van der Waals surface area contributed by atoms with Crippen LogP contribution in [-0.2, 0) is 17.6 Å². The summed E-state index contributed by atoms with van der Waals surface area (Å²) in [6.07, 6.45) is 2.07. The van der Waals surface area contributed by atoms with E-state index in [2.05, 4.69) is 37.3 Å². The molecular formula is C21H18BrN3OS2. The second-order valence-electron chi connectivity index (χ2n) is 6.36. The average Bonchev–Trinajstić information content (AvgIpc) is 3.31. The SMILES string of the molecule is O=C(Cc1csc(-c2cccc(Br)c2)n1)NCCCc1nc2ccccc2s1. The lowest BCUT2D eigenvalue weighted by Gasteiger charge is -2.03. The van der Waals surface area contributed by atoms with Gasteiger partial charge in [0.05, 0.1) is 27.3 Å².